The van der Waals surface area contributed by atoms with E-state index in [0.717, 1.165) is 12.1 Å². The molecule has 0 unspecified atom stereocenters. The zero-order valence-electron chi connectivity index (χ0n) is 14.6. The summed E-state index contributed by atoms with van der Waals surface area (Å²) in [7, 11) is -2.38. The second kappa shape index (κ2) is 7.84. The number of halogens is 4. The number of oxime groups is 1. The van der Waals surface area contributed by atoms with Crippen LogP contribution in [-0.2, 0) is 27.5 Å². The summed E-state index contributed by atoms with van der Waals surface area (Å²) in [6, 6.07) is 9.53. The van der Waals surface area contributed by atoms with Crippen LogP contribution in [0, 0.1) is 0 Å². The third kappa shape index (κ3) is 4.56. The van der Waals surface area contributed by atoms with Crippen LogP contribution >= 0.6 is 15.9 Å². The first-order valence-corrected chi connectivity index (χ1v) is 10.5. The summed E-state index contributed by atoms with van der Waals surface area (Å²) < 4.78 is 66.1. The van der Waals surface area contributed by atoms with Crippen molar-refractivity contribution in [1.29, 1.82) is 0 Å². The van der Waals surface area contributed by atoms with Gasteiger partial charge in [0.1, 0.15) is 4.62 Å². The quantitative estimate of drug-likeness (QED) is 0.696. The van der Waals surface area contributed by atoms with E-state index in [-0.39, 0.29) is 11.3 Å². The monoisotopic (exact) mass is 476 g/mol. The molecule has 2 aromatic carbocycles. The first-order valence-electron chi connectivity index (χ1n) is 8.21. The van der Waals surface area contributed by atoms with Gasteiger partial charge in [0.05, 0.1) is 10.5 Å². The normalized spacial score (nSPS) is 17.3. The van der Waals surface area contributed by atoms with Crippen LogP contribution in [0.25, 0.3) is 0 Å². The molecule has 0 spiro atoms. The number of hydrogen-bond donors (Lipinski definition) is 1. The van der Waals surface area contributed by atoms with E-state index in [1.807, 2.05) is 0 Å². The lowest BCUT2D eigenvalue weighted by Crippen LogP contribution is -2.19. The van der Waals surface area contributed by atoms with Crippen molar-refractivity contribution in [3.8, 4) is 0 Å². The fraction of sp³-hybridized carbons (Fsp3) is 0.278. The van der Waals surface area contributed by atoms with Crippen molar-refractivity contribution in [3.05, 3.63) is 64.7 Å². The molecule has 28 heavy (non-hydrogen) atoms. The standard InChI is InChI=1S/C18H16BrF3N2O3S/c1-23-28(25,26)14-6-5-12(15(9-14)16-10-17(19)24-27-16)7-11-3-2-4-13(8-11)18(20,21)22/h2-6,8-9,16,23H,7,10H2,1H3/t16-/m1/s1. The zero-order chi connectivity index (χ0) is 20.5. The molecular weight excluding hydrogens is 461 g/mol. The Morgan fingerprint density at radius 3 is 2.61 bits per heavy atom. The second-order valence-corrected chi connectivity index (χ2v) is 9.01. The average molecular weight is 477 g/mol. The van der Waals surface area contributed by atoms with E-state index in [4.69, 9.17) is 4.84 Å². The summed E-state index contributed by atoms with van der Waals surface area (Å²) in [5, 5.41) is 3.82. The molecule has 0 bridgehead atoms. The molecule has 0 aliphatic carbocycles. The summed E-state index contributed by atoms with van der Waals surface area (Å²) in [6.45, 7) is 0. The Bertz CT molecular complexity index is 1020. The molecule has 1 aliphatic rings. The van der Waals surface area contributed by atoms with Gasteiger partial charge in [-0.15, -0.1) is 0 Å². The van der Waals surface area contributed by atoms with Crippen LogP contribution in [0.2, 0.25) is 0 Å². The largest absolute Gasteiger partial charge is 0.416 e. The Kier molecular flexibility index (Phi) is 5.83. The summed E-state index contributed by atoms with van der Waals surface area (Å²) in [5.74, 6) is 0. The van der Waals surface area contributed by atoms with Gasteiger partial charge in [-0.25, -0.2) is 13.1 Å². The van der Waals surface area contributed by atoms with Crippen molar-refractivity contribution >= 4 is 30.6 Å². The molecule has 2 aromatic rings. The number of nitrogens with one attached hydrogen (secondary N) is 1. The Morgan fingerprint density at radius 2 is 2.00 bits per heavy atom. The Balaban J connectivity index is 2.01. The van der Waals surface area contributed by atoms with Crippen LogP contribution in [0.5, 0.6) is 0 Å². The number of nitrogens with zero attached hydrogens (tertiary/aromatic N) is 1. The van der Waals surface area contributed by atoms with Crippen molar-refractivity contribution in [2.45, 2.75) is 30.0 Å². The Labute approximate surface area is 168 Å². The lowest BCUT2D eigenvalue weighted by atomic mass is 9.95. The van der Waals surface area contributed by atoms with Gasteiger partial charge < -0.3 is 4.84 Å². The summed E-state index contributed by atoms with van der Waals surface area (Å²) >= 11 is 3.24. The minimum atomic E-state index is -4.43. The third-order valence-electron chi connectivity index (χ3n) is 4.32. The second-order valence-electron chi connectivity index (χ2n) is 6.21. The molecule has 0 saturated carbocycles. The molecular formula is C18H16BrF3N2O3S. The van der Waals surface area contributed by atoms with Gasteiger partial charge in [-0.2, -0.15) is 13.2 Å². The highest BCUT2D eigenvalue weighted by atomic mass is 79.9. The molecule has 1 heterocycles. The number of hydrogen-bond acceptors (Lipinski definition) is 4. The average Bonchev–Trinajstić information content (AvgIpc) is 3.07. The predicted molar refractivity (Wildman–Crippen MR) is 102 cm³/mol. The maximum absolute atomic E-state index is 13.0. The van der Waals surface area contributed by atoms with E-state index in [9.17, 15) is 21.6 Å². The highest BCUT2D eigenvalue weighted by Gasteiger charge is 2.31. The van der Waals surface area contributed by atoms with Crippen LogP contribution in [0.3, 0.4) is 0 Å². The number of benzene rings is 2. The lowest BCUT2D eigenvalue weighted by Gasteiger charge is -2.17. The first kappa shape index (κ1) is 20.8. The van der Waals surface area contributed by atoms with Gasteiger partial charge >= 0.3 is 6.18 Å². The molecule has 5 nitrogen and oxygen atoms in total. The SMILES string of the molecule is CNS(=O)(=O)c1ccc(Cc2cccc(C(F)(F)F)c2)c([C@H]2CC(Br)=NO2)c1. The van der Waals surface area contributed by atoms with Crippen molar-refractivity contribution in [2.24, 2.45) is 5.16 Å². The van der Waals surface area contributed by atoms with Crippen molar-refractivity contribution in [1.82, 2.24) is 4.72 Å². The minimum absolute atomic E-state index is 0.0458. The van der Waals surface area contributed by atoms with E-state index < -0.39 is 27.9 Å². The fourth-order valence-electron chi connectivity index (χ4n) is 2.91. The highest BCUT2D eigenvalue weighted by Crippen LogP contribution is 2.35. The van der Waals surface area contributed by atoms with Crippen molar-refractivity contribution in [2.75, 3.05) is 7.05 Å². The molecule has 10 heteroatoms. The number of alkyl halides is 3. The van der Waals surface area contributed by atoms with Gasteiger partial charge in [0.2, 0.25) is 10.0 Å². The first-order chi connectivity index (χ1) is 13.1. The van der Waals surface area contributed by atoms with Crippen LogP contribution < -0.4 is 4.72 Å². The number of rotatable bonds is 5. The zero-order valence-corrected chi connectivity index (χ0v) is 17.0. The summed E-state index contributed by atoms with van der Waals surface area (Å²) in [5.41, 5.74) is 0.950. The molecule has 1 N–H and O–H groups in total. The number of sulfonamides is 1. The predicted octanol–water partition coefficient (Wildman–Crippen LogP) is 4.37. The molecule has 3 rings (SSSR count). The van der Waals surface area contributed by atoms with Crippen LogP contribution in [0.4, 0.5) is 13.2 Å². The molecule has 1 atom stereocenters. The fourth-order valence-corrected chi connectivity index (χ4v) is 4.05. The van der Waals surface area contributed by atoms with Crippen molar-refractivity contribution < 1.29 is 26.4 Å². The van der Waals surface area contributed by atoms with Crippen molar-refractivity contribution in [3.63, 3.8) is 0 Å². The molecule has 0 fully saturated rings. The molecule has 1 aliphatic heterocycles. The van der Waals surface area contributed by atoms with E-state index in [2.05, 4.69) is 25.8 Å². The minimum Gasteiger partial charge on any atom is -0.386 e. The molecule has 0 saturated heterocycles. The van der Waals surface area contributed by atoms with Gasteiger partial charge in [0.15, 0.2) is 6.10 Å². The van der Waals surface area contributed by atoms with Crippen LogP contribution in [-0.4, -0.2) is 20.1 Å². The van der Waals surface area contributed by atoms with Gasteiger partial charge in [-0.1, -0.05) is 29.4 Å². The Morgan fingerprint density at radius 1 is 1.25 bits per heavy atom. The van der Waals surface area contributed by atoms with E-state index in [0.29, 0.717) is 27.7 Å². The van der Waals surface area contributed by atoms with E-state index in [1.165, 1.54) is 25.2 Å². The van der Waals surface area contributed by atoms with Gasteiger partial charge in [-0.05, 0) is 58.7 Å². The lowest BCUT2D eigenvalue weighted by molar-refractivity contribution is -0.137. The van der Waals surface area contributed by atoms with Gasteiger partial charge in [-0.3, -0.25) is 0 Å². The Hall–Kier alpha value is -1.91. The smallest absolute Gasteiger partial charge is 0.386 e. The van der Waals surface area contributed by atoms with Gasteiger partial charge in [0, 0.05) is 12.0 Å². The van der Waals surface area contributed by atoms with Gasteiger partial charge in [0.25, 0.3) is 0 Å². The topological polar surface area (TPSA) is 67.8 Å². The molecule has 150 valence electrons. The summed E-state index contributed by atoms with van der Waals surface area (Å²) in [6.07, 6.45) is -4.37. The molecule has 0 radical (unpaired) electrons. The maximum atomic E-state index is 13.0. The summed E-state index contributed by atoms with van der Waals surface area (Å²) in [4.78, 5) is 5.40. The van der Waals surface area contributed by atoms with E-state index >= 15 is 0 Å². The maximum Gasteiger partial charge on any atom is 0.416 e. The van der Waals surface area contributed by atoms with E-state index in [1.54, 1.807) is 12.1 Å². The molecule has 0 amide bonds. The highest BCUT2D eigenvalue weighted by molar-refractivity contribution is 9.18. The van der Waals surface area contributed by atoms with Crippen LogP contribution in [0.1, 0.15) is 34.8 Å². The van der Waals surface area contributed by atoms with Crippen LogP contribution in [0.15, 0.2) is 52.5 Å². The molecule has 0 aromatic heterocycles. The third-order valence-corrected chi connectivity index (χ3v) is 6.21.